The lowest BCUT2D eigenvalue weighted by atomic mass is 9.77. The lowest BCUT2D eigenvalue weighted by Crippen LogP contribution is -2.19. The topological polar surface area (TPSA) is 17.1 Å². The van der Waals surface area contributed by atoms with Crippen molar-refractivity contribution in [3.8, 4) is 0 Å². The molecule has 1 heteroatoms. The molecule has 0 aliphatic heterocycles. The molecule has 1 fully saturated rings. The van der Waals surface area contributed by atoms with E-state index in [1.807, 2.05) is 66.7 Å². The van der Waals surface area contributed by atoms with E-state index in [-0.39, 0.29) is 5.78 Å². The highest BCUT2D eigenvalue weighted by atomic mass is 16.1. The predicted molar refractivity (Wildman–Crippen MR) is 112 cm³/mol. The van der Waals surface area contributed by atoms with Crippen molar-refractivity contribution in [1.82, 2.24) is 0 Å². The van der Waals surface area contributed by atoms with E-state index in [0.29, 0.717) is 5.92 Å². The lowest BCUT2D eigenvalue weighted by Gasteiger charge is -2.26. The molecular weight excluding hydrogens is 328 g/mol. The maximum Gasteiger partial charge on any atom is 0.185 e. The Morgan fingerprint density at radius 2 is 1.00 bits per heavy atom. The van der Waals surface area contributed by atoms with Crippen LogP contribution in [0.25, 0.3) is 12.2 Å². The Hall–Kier alpha value is -3.19. The molecule has 0 spiro atoms. The van der Waals surface area contributed by atoms with Crippen LogP contribution in [0.1, 0.15) is 35.4 Å². The number of carbonyl (C=O) groups is 1. The third kappa shape index (κ3) is 4.15. The molecule has 0 saturated heterocycles. The van der Waals surface area contributed by atoms with E-state index in [2.05, 4.69) is 36.4 Å². The number of hydrogen-bond acceptors (Lipinski definition) is 1. The van der Waals surface area contributed by atoms with Gasteiger partial charge in [0.15, 0.2) is 5.78 Å². The van der Waals surface area contributed by atoms with Gasteiger partial charge >= 0.3 is 0 Å². The zero-order valence-corrected chi connectivity index (χ0v) is 15.2. The maximum atomic E-state index is 13.2. The van der Waals surface area contributed by atoms with Gasteiger partial charge in [-0.1, -0.05) is 91.0 Å². The molecular formula is C26H22O. The van der Waals surface area contributed by atoms with Crippen molar-refractivity contribution in [1.29, 1.82) is 0 Å². The van der Waals surface area contributed by atoms with Crippen LogP contribution in [0.4, 0.5) is 0 Å². The van der Waals surface area contributed by atoms with Crippen LogP contribution in [0.5, 0.6) is 0 Å². The van der Waals surface area contributed by atoms with E-state index < -0.39 is 0 Å². The highest BCUT2D eigenvalue weighted by Gasteiger charge is 2.28. The minimum absolute atomic E-state index is 0.176. The van der Waals surface area contributed by atoms with Crippen molar-refractivity contribution >= 4 is 17.9 Å². The van der Waals surface area contributed by atoms with Gasteiger partial charge in [0.05, 0.1) is 0 Å². The first-order chi connectivity index (χ1) is 13.3. The molecule has 132 valence electrons. The number of carbonyl (C=O) groups excluding carboxylic acids is 1. The molecule has 0 heterocycles. The Morgan fingerprint density at radius 1 is 0.593 bits per heavy atom. The lowest BCUT2D eigenvalue weighted by molar-refractivity contribution is -0.113. The van der Waals surface area contributed by atoms with E-state index in [1.165, 1.54) is 5.56 Å². The Kier molecular flexibility index (Phi) is 5.11. The molecule has 1 nitrogen and oxygen atoms in total. The monoisotopic (exact) mass is 350 g/mol. The van der Waals surface area contributed by atoms with Crippen LogP contribution >= 0.6 is 0 Å². The first kappa shape index (κ1) is 17.2. The van der Waals surface area contributed by atoms with Gasteiger partial charge in [-0.2, -0.15) is 0 Å². The van der Waals surface area contributed by atoms with Crippen LogP contribution in [-0.4, -0.2) is 5.78 Å². The molecule has 1 saturated carbocycles. The van der Waals surface area contributed by atoms with Gasteiger partial charge in [0.1, 0.15) is 0 Å². The predicted octanol–water partition coefficient (Wildman–Crippen LogP) is 6.30. The summed E-state index contributed by atoms with van der Waals surface area (Å²) in [6, 6.07) is 30.8. The summed E-state index contributed by atoms with van der Waals surface area (Å²) in [5, 5.41) is 0. The third-order valence-electron chi connectivity index (χ3n) is 5.07. The third-order valence-corrected chi connectivity index (χ3v) is 5.07. The average Bonchev–Trinajstić information content (AvgIpc) is 2.73. The number of hydrogen-bond donors (Lipinski definition) is 0. The fraction of sp³-hybridized carbons (Fsp3) is 0.115. The van der Waals surface area contributed by atoms with Gasteiger partial charge in [-0.3, -0.25) is 4.79 Å². The Labute approximate surface area is 160 Å². The molecule has 0 N–H and O–H groups in total. The van der Waals surface area contributed by atoms with Gasteiger partial charge in [0.2, 0.25) is 0 Å². The fourth-order valence-corrected chi connectivity index (χ4v) is 3.71. The standard InChI is InChI=1S/C26H22O/c27-26-24(16-20-10-4-1-5-11-20)18-23(22-14-8-3-9-15-22)19-25(26)17-21-12-6-2-7-13-21/h1-17,23H,18-19H2/b24-16+,25-17?. The van der Waals surface area contributed by atoms with E-state index in [4.69, 9.17) is 0 Å². The first-order valence-corrected chi connectivity index (χ1v) is 9.40. The summed E-state index contributed by atoms with van der Waals surface area (Å²) in [7, 11) is 0. The summed E-state index contributed by atoms with van der Waals surface area (Å²) in [4.78, 5) is 13.2. The van der Waals surface area contributed by atoms with Crippen molar-refractivity contribution in [2.45, 2.75) is 18.8 Å². The Morgan fingerprint density at radius 3 is 1.44 bits per heavy atom. The second kappa shape index (κ2) is 8.01. The quantitative estimate of drug-likeness (QED) is 0.507. The summed E-state index contributed by atoms with van der Waals surface area (Å²) in [6.45, 7) is 0. The molecule has 3 aromatic rings. The first-order valence-electron chi connectivity index (χ1n) is 9.40. The molecule has 0 bridgehead atoms. The van der Waals surface area contributed by atoms with Crippen LogP contribution < -0.4 is 0 Å². The molecule has 0 radical (unpaired) electrons. The second-order valence-electron chi connectivity index (χ2n) is 7.01. The van der Waals surface area contributed by atoms with Crippen LogP contribution in [0.2, 0.25) is 0 Å². The van der Waals surface area contributed by atoms with Crippen molar-refractivity contribution < 1.29 is 4.79 Å². The van der Waals surface area contributed by atoms with Crippen molar-refractivity contribution in [3.63, 3.8) is 0 Å². The molecule has 3 aromatic carbocycles. The average molecular weight is 350 g/mol. The van der Waals surface area contributed by atoms with Crippen LogP contribution in [-0.2, 0) is 4.79 Å². The fourth-order valence-electron chi connectivity index (χ4n) is 3.71. The van der Waals surface area contributed by atoms with E-state index in [0.717, 1.165) is 35.1 Å². The molecule has 1 unspecified atom stereocenters. The van der Waals surface area contributed by atoms with Crippen molar-refractivity contribution in [2.24, 2.45) is 0 Å². The maximum absolute atomic E-state index is 13.2. The molecule has 0 aromatic heterocycles. The van der Waals surface area contributed by atoms with Crippen LogP contribution in [0.3, 0.4) is 0 Å². The molecule has 0 amide bonds. The second-order valence-corrected chi connectivity index (χ2v) is 7.01. The largest absolute Gasteiger partial charge is 0.289 e. The van der Waals surface area contributed by atoms with E-state index >= 15 is 0 Å². The van der Waals surface area contributed by atoms with Gasteiger partial charge in [-0.15, -0.1) is 0 Å². The van der Waals surface area contributed by atoms with E-state index in [1.54, 1.807) is 0 Å². The number of benzene rings is 3. The number of Topliss-reactive ketones (excluding diaryl/α,β-unsaturated/α-hetero) is 1. The summed E-state index contributed by atoms with van der Waals surface area (Å²) in [6.07, 6.45) is 5.67. The van der Waals surface area contributed by atoms with Crippen LogP contribution in [0.15, 0.2) is 102 Å². The molecule has 1 aliphatic carbocycles. The van der Waals surface area contributed by atoms with Gasteiger partial charge in [0, 0.05) is 11.1 Å². The normalized spacial score (nSPS) is 20.1. The van der Waals surface area contributed by atoms with Gasteiger partial charge < -0.3 is 0 Å². The number of ketones is 1. The summed E-state index contributed by atoms with van der Waals surface area (Å²) >= 11 is 0. The van der Waals surface area contributed by atoms with Crippen molar-refractivity contribution in [2.75, 3.05) is 0 Å². The SMILES string of the molecule is O=C1C(=Cc2ccccc2)CC(c2ccccc2)C/C1=C\c1ccccc1. The Bertz CT molecular complexity index is 905. The minimum Gasteiger partial charge on any atom is -0.289 e. The number of allylic oxidation sites excluding steroid dienone is 2. The molecule has 4 rings (SSSR count). The summed E-state index contributed by atoms with van der Waals surface area (Å²) < 4.78 is 0. The van der Waals surface area contributed by atoms with Gasteiger partial charge in [-0.05, 0) is 47.6 Å². The molecule has 27 heavy (non-hydrogen) atoms. The highest BCUT2D eigenvalue weighted by Crippen LogP contribution is 2.38. The summed E-state index contributed by atoms with van der Waals surface area (Å²) in [5.74, 6) is 0.503. The molecule has 1 aliphatic rings. The van der Waals surface area contributed by atoms with Gasteiger partial charge in [0.25, 0.3) is 0 Å². The van der Waals surface area contributed by atoms with E-state index in [9.17, 15) is 4.79 Å². The minimum atomic E-state index is 0.176. The smallest absolute Gasteiger partial charge is 0.185 e. The molecule has 1 atom stereocenters. The highest BCUT2D eigenvalue weighted by molar-refractivity contribution is 6.14. The summed E-state index contributed by atoms with van der Waals surface area (Å²) in [5.41, 5.74) is 5.23. The zero-order valence-electron chi connectivity index (χ0n) is 15.2. The van der Waals surface area contributed by atoms with Gasteiger partial charge in [-0.25, -0.2) is 0 Å². The van der Waals surface area contributed by atoms with Crippen LogP contribution in [0, 0.1) is 0 Å². The number of rotatable bonds is 3. The zero-order chi connectivity index (χ0) is 18.5. The van der Waals surface area contributed by atoms with Crippen molar-refractivity contribution in [3.05, 3.63) is 119 Å². The Balaban J connectivity index is 1.74.